The molecule has 0 aliphatic rings. The Morgan fingerprint density at radius 3 is 2.47 bits per heavy atom. The first kappa shape index (κ1) is 21.5. The predicted octanol–water partition coefficient (Wildman–Crippen LogP) is 2.43. The number of carbonyl (C=O) groups excluding carboxylic acids is 1. The van der Waals surface area contributed by atoms with Gasteiger partial charge in [-0.15, -0.1) is 0 Å². The molecular weight excluding hydrogens is 446 g/mol. The average Bonchev–Trinajstić information content (AvgIpc) is 3.23. The highest BCUT2D eigenvalue weighted by Gasteiger charge is 2.40. The van der Waals surface area contributed by atoms with E-state index in [2.05, 4.69) is 20.2 Å². The van der Waals surface area contributed by atoms with Gasteiger partial charge in [0.25, 0.3) is 0 Å². The number of aromatic nitrogens is 5. The molecule has 0 aliphatic heterocycles. The van der Waals surface area contributed by atoms with E-state index in [1.54, 1.807) is 0 Å². The molecule has 0 fully saturated rings. The summed E-state index contributed by atoms with van der Waals surface area (Å²) in [6, 6.07) is 0.597. The highest BCUT2D eigenvalue weighted by molar-refractivity contribution is 7.91. The van der Waals surface area contributed by atoms with Gasteiger partial charge in [-0.3, -0.25) is 14.3 Å². The third-order valence-corrected chi connectivity index (χ3v) is 5.58. The van der Waals surface area contributed by atoms with Gasteiger partial charge in [0.1, 0.15) is 34.0 Å². The summed E-state index contributed by atoms with van der Waals surface area (Å²) in [6.45, 7) is 1.20. The lowest BCUT2D eigenvalue weighted by Gasteiger charge is -2.08. The fourth-order valence-corrected chi connectivity index (χ4v) is 3.52. The number of anilines is 1. The number of rotatable bonds is 4. The normalized spacial score (nSPS) is 13.0. The van der Waals surface area contributed by atoms with Crippen LogP contribution in [0, 0.1) is 0 Å². The van der Waals surface area contributed by atoms with Gasteiger partial charge in [0.2, 0.25) is 0 Å². The SMILES string of the molecule is CCS(=O)(=O)c1c(NC(=O)C(F)(F)F)n[nH]c1-c1cn2cnc(C(F)(F)F)cc2n1. The van der Waals surface area contributed by atoms with Crippen LogP contribution in [-0.2, 0) is 20.8 Å². The number of imidazole rings is 1. The lowest BCUT2D eigenvalue weighted by Crippen LogP contribution is -2.30. The second kappa shape index (κ2) is 6.96. The van der Waals surface area contributed by atoms with Crippen LogP contribution in [-0.4, -0.2) is 50.8 Å². The smallest absolute Gasteiger partial charge is 0.300 e. The number of nitrogens with zero attached hydrogens (tertiary/aromatic N) is 4. The number of nitrogens with one attached hydrogen (secondary N) is 2. The Balaban J connectivity index is 2.15. The van der Waals surface area contributed by atoms with E-state index in [1.807, 2.05) is 0 Å². The third-order valence-electron chi connectivity index (χ3n) is 3.80. The molecule has 1 amide bonds. The molecule has 3 aromatic rings. The maximum Gasteiger partial charge on any atom is 0.471 e. The first-order valence-electron chi connectivity index (χ1n) is 7.85. The molecule has 30 heavy (non-hydrogen) atoms. The van der Waals surface area contributed by atoms with Crippen molar-refractivity contribution in [2.75, 3.05) is 11.1 Å². The maximum absolute atomic E-state index is 12.8. The average molecular weight is 456 g/mol. The van der Waals surface area contributed by atoms with Gasteiger partial charge in [0.05, 0.1) is 5.75 Å². The van der Waals surface area contributed by atoms with Gasteiger partial charge in [0, 0.05) is 12.3 Å². The van der Waals surface area contributed by atoms with Crippen molar-refractivity contribution < 1.29 is 39.6 Å². The van der Waals surface area contributed by atoms with E-state index in [4.69, 9.17) is 0 Å². The summed E-state index contributed by atoms with van der Waals surface area (Å²) in [6.07, 6.45) is -8.19. The molecule has 2 N–H and O–H groups in total. The van der Waals surface area contributed by atoms with Crippen LogP contribution >= 0.6 is 0 Å². The summed E-state index contributed by atoms with van der Waals surface area (Å²) in [7, 11) is -4.24. The van der Waals surface area contributed by atoms with E-state index in [9.17, 15) is 39.6 Å². The molecule has 0 unspecified atom stereocenters. The summed E-state index contributed by atoms with van der Waals surface area (Å²) in [5.41, 5.74) is -2.17. The lowest BCUT2D eigenvalue weighted by molar-refractivity contribution is -0.167. The number of fused-ring (bicyclic) bond motifs is 1. The van der Waals surface area contributed by atoms with Gasteiger partial charge < -0.3 is 5.32 Å². The Hall–Kier alpha value is -3.17. The van der Waals surface area contributed by atoms with Crippen LogP contribution in [0.1, 0.15) is 12.6 Å². The number of alkyl halides is 6. The van der Waals surface area contributed by atoms with Crippen molar-refractivity contribution in [2.45, 2.75) is 24.2 Å². The fourth-order valence-electron chi connectivity index (χ4n) is 2.38. The number of H-pyrrole nitrogens is 1. The quantitative estimate of drug-likeness (QED) is 0.582. The minimum atomic E-state index is -5.31. The molecule has 3 rings (SSSR count). The molecular formula is C14H10F6N6O3S. The van der Waals surface area contributed by atoms with Crippen LogP contribution in [0.15, 0.2) is 23.5 Å². The van der Waals surface area contributed by atoms with E-state index in [-0.39, 0.29) is 11.3 Å². The van der Waals surface area contributed by atoms with Crippen LogP contribution in [0.4, 0.5) is 32.2 Å². The van der Waals surface area contributed by atoms with Crippen LogP contribution < -0.4 is 5.32 Å². The first-order chi connectivity index (χ1) is 13.7. The Kier molecular flexibility index (Phi) is 5.00. The summed E-state index contributed by atoms with van der Waals surface area (Å²) < 4.78 is 102. The lowest BCUT2D eigenvalue weighted by atomic mass is 10.3. The van der Waals surface area contributed by atoms with Crippen LogP contribution in [0.25, 0.3) is 17.0 Å². The number of carbonyl (C=O) groups is 1. The molecule has 0 atom stereocenters. The van der Waals surface area contributed by atoms with E-state index < -0.39 is 56.0 Å². The second-order valence-electron chi connectivity index (χ2n) is 5.80. The highest BCUT2D eigenvalue weighted by Crippen LogP contribution is 2.33. The zero-order valence-corrected chi connectivity index (χ0v) is 15.4. The van der Waals surface area contributed by atoms with Crippen molar-refractivity contribution in [2.24, 2.45) is 0 Å². The molecule has 0 aromatic carbocycles. The molecule has 0 radical (unpaired) electrons. The van der Waals surface area contributed by atoms with Gasteiger partial charge in [-0.2, -0.15) is 31.4 Å². The number of halogens is 6. The molecule has 3 aromatic heterocycles. The molecule has 9 nitrogen and oxygen atoms in total. The van der Waals surface area contributed by atoms with Crippen LogP contribution in [0.2, 0.25) is 0 Å². The van der Waals surface area contributed by atoms with Gasteiger partial charge in [0.15, 0.2) is 15.7 Å². The van der Waals surface area contributed by atoms with Gasteiger partial charge in [-0.25, -0.2) is 18.4 Å². The third kappa shape index (κ3) is 3.94. The van der Waals surface area contributed by atoms with Gasteiger partial charge in [-0.05, 0) is 0 Å². The monoisotopic (exact) mass is 456 g/mol. The summed E-state index contributed by atoms with van der Waals surface area (Å²) in [4.78, 5) is 17.5. The molecule has 0 saturated carbocycles. The molecule has 0 saturated heterocycles. The molecule has 16 heteroatoms. The molecule has 0 spiro atoms. The first-order valence-corrected chi connectivity index (χ1v) is 9.51. The summed E-state index contributed by atoms with van der Waals surface area (Å²) in [5, 5.41) is 6.93. The van der Waals surface area contributed by atoms with Crippen molar-refractivity contribution in [3.63, 3.8) is 0 Å². The number of amides is 1. The van der Waals surface area contributed by atoms with E-state index in [1.165, 1.54) is 12.2 Å². The van der Waals surface area contributed by atoms with Gasteiger partial charge in [-0.1, -0.05) is 6.92 Å². The molecule has 0 aliphatic carbocycles. The standard InChI is InChI=1S/C14H10F6N6O3S/c1-2-30(28,29)10-9(24-25-11(10)23-12(27)14(18,19)20)6-4-26-5-21-7(13(15,16)17)3-8(26)22-6/h3-5H,2H2,1H3,(H2,23,24,25,27). The van der Waals surface area contributed by atoms with Crippen LogP contribution in [0.3, 0.4) is 0 Å². The number of aromatic amines is 1. The molecule has 0 bridgehead atoms. The topological polar surface area (TPSA) is 122 Å². The fraction of sp³-hybridized carbons (Fsp3) is 0.286. The summed E-state index contributed by atoms with van der Waals surface area (Å²) >= 11 is 0. The number of hydrogen-bond acceptors (Lipinski definition) is 6. The summed E-state index contributed by atoms with van der Waals surface area (Å²) in [5.74, 6) is -3.94. The van der Waals surface area contributed by atoms with E-state index >= 15 is 0 Å². The minimum Gasteiger partial charge on any atom is -0.300 e. The van der Waals surface area contributed by atoms with E-state index in [0.717, 1.165) is 16.9 Å². The number of hydrogen-bond donors (Lipinski definition) is 2. The van der Waals surface area contributed by atoms with Crippen molar-refractivity contribution in [3.8, 4) is 11.4 Å². The maximum atomic E-state index is 12.8. The van der Waals surface area contributed by atoms with Crippen molar-refractivity contribution in [1.82, 2.24) is 24.6 Å². The van der Waals surface area contributed by atoms with Crippen molar-refractivity contribution in [3.05, 3.63) is 24.3 Å². The minimum absolute atomic E-state index is 0.247. The van der Waals surface area contributed by atoms with Crippen molar-refractivity contribution in [1.29, 1.82) is 0 Å². The highest BCUT2D eigenvalue weighted by atomic mass is 32.2. The van der Waals surface area contributed by atoms with Gasteiger partial charge >= 0.3 is 18.3 Å². The Morgan fingerprint density at radius 1 is 1.23 bits per heavy atom. The Bertz CT molecular complexity index is 1230. The zero-order valence-electron chi connectivity index (χ0n) is 14.6. The Morgan fingerprint density at radius 2 is 1.90 bits per heavy atom. The van der Waals surface area contributed by atoms with Crippen LogP contribution in [0.5, 0.6) is 0 Å². The molecule has 3 heterocycles. The van der Waals surface area contributed by atoms with Crippen molar-refractivity contribution >= 4 is 27.2 Å². The predicted molar refractivity (Wildman–Crippen MR) is 88.0 cm³/mol. The Labute approximate surface area is 163 Å². The molecule has 162 valence electrons. The largest absolute Gasteiger partial charge is 0.471 e. The van der Waals surface area contributed by atoms with E-state index in [0.29, 0.717) is 6.07 Å². The second-order valence-corrected chi connectivity index (χ2v) is 8.01. The number of sulfone groups is 1. The zero-order chi connectivity index (χ0) is 22.5.